The second-order valence-corrected chi connectivity index (χ2v) is 6.05. The van der Waals surface area contributed by atoms with Crippen LogP contribution in [0.1, 0.15) is 41.0 Å². The van der Waals surface area contributed by atoms with Crippen molar-refractivity contribution in [1.82, 2.24) is 4.98 Å². The molecule has 19 heavy (non-hydrogen) atoms. The molecular formula is C16H29N3. The van der Waals surface area contributed by atoms with Gasteiger partial charge in [0.15, 0.2) is 0 Å². The molecule has 0 unspecified atom stereocenters. The highest BCUT2D eigenvalue weighted by atomic mass is 15.1. The molecule has 1 N–H and O–H groups in total. The van der Waals surface area contributed by atoms with Crippen LogP contribution in [0.25, 0.3) is 0 Å². The van der Waals surface area contributed by atoms with Crippen LogP contribution in [-0.4, -0.2) is 24.6 Å². The molecule has 0 fully saturated rings. The number of nitrogens with one attached hydrogen (secondary N) is 1. The van der Waals surface area contributed by atoms with E-state index in [0.29, 0.717) is 11.8 Å². The Morgan fingerprint density at radius 3 is 2.26 bits per heavy atom. The van der Waals surface area contributed by atoms with Crippen LogP contribution in [0.15, 0.2) is 18.5 Å². The molecule has 0 aromatic carbocycles. The summed E-state index contributed by atoms with van der Waals surface area (Å²) in [6.07, 6.45) is 5.01. The quantitative estimate of drug-likeness (QED) is 0.767. The zero-order valence-electron chi connectivity index (χ0n) is 13.1. The summed E-state index contributed by atoms with van der Waals surface area (Å²) in [4.78, 5) is 6.81. The Hall–Kier alpha value is -1.25. The summed E-state index contributed by atoms with van der Waals surface area (Å²) in [7, 11) is 0. The lowest BCUT2D eigenvalue weighted by atomic mass is 10.1. The van der Waals surface area contributed by atoms with Crippen LogP contribution >= 0.6 is 0 Å². The number of hydrogen-bond donors (Lipinski definition) is 1. The Balaban J connectivity index is 2.81. The van der Waals surface area contributed by atoms with Gasteiger partial charge >= 0.3 is 0 Å². The summed E-state index contributed by atoms with van der Waals surface area (Å²) in [6, 6.07) is 2.22. The van der Waals surface area contributed by atoms with Crippen molar-refractivity contribution < 1.29 is 0 Å². The minimum Gasteiger partial charge on any atom is -0.384 e. The van der Waals surface area contributed by atoms with E-state index in [1.165, 1.54) is 5.69 Å². The lowest BCUT2D eigenvalue weighted by molar-refractivity contribution is 0.552. The third-order valence-electron chi connectivity index (χ3n) is 2.84. The van der Waals surface area contributed by atoms with E-state index in [2.05, 4.69) is 55.9 Å². The van der Waals surface area contributed by atoms with Gasteiger partial charge in [-0.3, -0.25) is 4.98 Å². The van der Waals surface area contributed by atoms with Gasteiger partial charge in [-0.25, -0.2) is 0 Å². The molecule has 0 amide bonds. The molecule has 0 aliphatic rings. The molecule has 1 aromatic heterocycles. The Kier molecular flexibility index (Phi) is 6.68. The van der Waals surface area contributed by atoms with Gasteiger partial charge < -0.3 is 10.2 Å². The van der Waals surface area contributed by atoms with E-state index in [1.54, 1.807) is 0 Å². The molecule has 1 heterocycles. The summed E-state index contributed by atoms with van der Waals surface area (Å²) in [5.74, 6) is 1.32. The van der Waals surface area contributed by atoms with E-state index in [0.717, 1.165) is 31.7 Å². The first-order valence-electron chi connectivity index (χ1n) is 7.46. The summed E-state index contributed by atoms with van der Waals surface area (Å²) in [5, 5.41) is 3.41. The molecule has 3 nitrogen and oxygen atoms in total. The molecule has 0 bridgehead atoms. The summed E-state index contributed by atoms with van der Waals surface area (Å²) >= 11 is 0. The van der Waals surface area contributed by atoms with Crippen LogP contribution in [0.3, 0.4) is 0 Å². The van der Waals surface area contributed by atoms with Crippen molar-refractivity contribution in [2.45, 2.75) is 41.0 Å². The number of aromatic nitrogens is 1. The zero-order chi connectivity index (χ0) is 14.3. The Bertz CT molecular complexity index is 351. The molecule has 0 aliphatic heterocycles. The van der Waals surface area contributed by atoms with E-state index >= 15 is 0 Å². The monoisotopic (exact) mass is 263 g/mol. The van der Waals surface area contributed by atoms with Crippen LogP contribution < -0.4 is 10.2 Å². The standard InChI is InChI=1S/C16H29N3/c1-6-7-18-15-8-16(10-17-9-15)19(11-13(2)3)12-14(4)5/h8-10,13-14,18H,6-7,11-12H2,1-5H3. The normalized spacial score (nSPS) is 11.1. The maximum atomic E-state index is 4.37. The molecule has 108 valence electrons. The maximum Gasteiger partial charge on any atom is 0.0573 e. The highest BCUT2D eigenvalue weighted by Gasteiger charge is 2.11. The molecule has 0 radical (unpaired) electrons. The third kappa shape index (κ3) is 5.95. The topological polar surface area (TPSA) is 28.2 Å². The van der Waals surface area contributed by atoms with Crippen molar-refractivity contribution in [2.75, 3.05) is 29.9 Å². The van der Waals surface area contributed by atoms with Gasteiger partial charge in [-0.05, 0) is 24.3 Å². The summed E-state index contributed by atoms with van der Waals surface area (Å²) in [5.41, 5.74) is 2.35. The van der Waals surface area contributed by atoms with Gasteiger partial charge in [0.2, 0.25) is 0 Å². The Morgan fingerprint density at radius 2 is 1.74 bits per heavy atom. The lowest BCUT2D eigenvalue weighted by Crippen LogP contribution is -2.31. The molecule has 1 rings (SSSR count). The first-order chi connectivity index (χ1) is 9.02. The van der Waals surface area contributed by atoms with Gasteiger partial charge in [0.1, 0.15) is 0 Å². The number of nitrogens with zero attached hydrogens (tertiary/aromatic N) is 2. The lowest BCUT2D eigenvalue weighted by Gasteiger charge is -2.28. The van der Waals surface area contributed by atoms with E-state index in [1.807, 2.05) is 12.4 Å². The molecule has 1 aromatic rings. The number of hydrogen-bond acceptors (Lipinski definition) is 3. The van der Waals surface area contributed by atoms with Crippen molar-refractivity contribution >= 4 is 11.4 Å². The van der Waals surface area contributed by atoms with Crippen LogP contribution in [-0.2, 0) is 0 Å². The highest BCUT2D eigenvalue weighted by Crippen LogP contribution is 2.20. The van der Waals surface area contributed by atoms with Gasteiger partial charge in [0, 0.05) is 19.6 Å². The minimum absolute atomic E-state index is 0.658. The first kappa shape index (κ1) is 15.8. The smallest absolute Gasteiger partial charge is 0.0573 e. The van der Waals surface area contributed by atoms with E-state index in [9.17, 15) is 0 Å². The number of rotatable bonds is 8. The SMILES string of the molecule is CCCNc1cncc(N(CC(C)C)CC(C)C)c1. The average molecular weight is 263 g/mol. The molecule has 0 spiro atoms. The second kappa shape index (κ2) is 8.03. The predicted molar refractivity (Wildman–Crippen MR) is 84.9 cm³/mol. The van der Waals surface area contributed by atoms with E-state index in [4.69, 9.17) is 0 Å². The Morgan fingerprint density at radius 1 is 1.11 bits per heavy atom. The summed E-state index contributed by atoms with van der Waals surface area (Å²) in [6.45, 7) is 14.4. The number of pyridine rings is 1. The van der Waals surface area contributed by atoms with Crippen molar-refractivity contribution in [3.63, 3.8) is 0 Å². The van der Waals surface area contributed by atoms with Gasteiger partial charge in [-0.2, -0.15) is 0 Å². The second-order valence-electron chi connectivity index (χ2n) is 6.05. The largest absolute Gasteiger partial charge is 0.384 e. The number of anilines is 2. The third-order valence-corrected chi connectivity index (χ3v) is 2.84. The van der Waals surface area contributed by atoms with Gasteiger partial charge in [0.25, 0.3) is 0 Å². The average Bonchev–Trinajstić information content (AvgIpc) is 2.35. The molecule has 0 saturated carbocycles. The maximum absolute atomic E-state index is 4.37. The van der Waals surface area contributed by atoms with Crippen LogP contribution in [0.5, 0.6) is 0 Å². The molecule has 0 aliphatic carbocycles. The molecule has 0 atom stereocenters. The van der Waals surface area contributed by atoms with Crippen LogP contribution in [0.2, 0.25) is 0 Å². The van der Waals surface area contributed by atoms with Crippen LogP contribution in [0.4, 0.5) is 11.4 Å². The first-order valence-corrected chi connectivity index (χ1v) is 7.46. The van der Waals surface area contributed by atoms with Crippen LogP contribution in [0, 0.1) is 11.8 Å². The fraction of sp³-hybridized carbons (Fsp3) is 0.688. The van der Waals surface area contributed by atoms with Crippen molar-refractivity contribution in [2.24, 2.45) is 11.8 Å². The fourth-order valence-electron chi connectivity index (χ4n) is 2.13. The fourth-order valence-corrected chi connectivity index (χ4v) is 2.13. The van der Waals surface area contributed by atoms with Crippen molar-refractivity contribution in [3.8, 4) is 0 Å². The van der Waals surface area contributed by atoms with Crippen molar-refractivity contribution in [1.29, 1.82) is 0 Å². The molecule has 0 saturated heterocycles. The Labute approximate surface area is 118 Å². The molecule has 3 heteroatoms. The highest BCUT2D eigenvalue weighted by molar-refractivity contribution is 5.55. The minimum atomic E-state index is 0.658. The van der Waals surface area contributed by atoms with Gasteiger partial charge in [0.05, 0.1) is 23.8 Å². The van der Waals surface area contributed by atoms with Crippen molar-refractivity contribution in [3.05, 3.63) is 18.5 Å². The zero-order valence-corrected chi connectivity index (χ0v) is 13.1. The van der Waals surface area contributed by atoms with E-state index in [-0.39, 0.29) is 0 Å². The van der Waals surface area contributed by atoms with Gasteiger partial charge in [-0.1, -0.05) is 34.6 Å². The molecular weight excluding hydrogens is 234 g/mol. The predicted octanol–water partition coefficient (Wildman–Crippen LogP) is 4.02. The summed E-state index contributed by atoms with van der Waals surface area (Å²) < 4.78 is 0. The van der Waals surface area contributed by atoms with Gasteiger partial charge in [-0.15, -0.1) is 0 Å². The van der Waals surface area contributed by atoms with E-state index < -0.39 is 0 Å².